The van der Waals surface area contributed by atoms with Crippen LogP contribution < -0.4 is 0 Å². The quantitative estimate of drug-likeness (QED) is 0.712. The molecule has 6 heteroatoms. The van der Waals surface area contributed by atoms with Crippen LogP contribution in [0, 0.1) is 0 Å². The predicted octanol–water partition coefficient (Wildman–Crippen LogP) is 1.01. The van der Waals surface area contributed by atoms with Gasteiger partial charge < -0.3 is 28.8 Å². The van der Waals surface area contributed by atoms with Gasteiger partial charge in [-0.15, -0.1) is 0 Å². The lowest BCUT2D eigenvalue weighted by molar-refractivity contribution is -0.205. The Morgan fingerprint density at radius 2 is 1.47 bits per heavy atom. The summed E-state index contributed by atoms with van der Waals surface area (Å²) in [5, 5.41) is 7.57. The molecule has 112 valence electrons. The molecule has 0 aromatic carbocycles. The lowest BCUT2D eigenvalue weighted by Crippen LogP contribution is -2.50. The highest BCUT2D eigenvalue weighted by Gasteiger charge is 2.57. The SMILES string of the molecule is CC1(C)O[C@@H]2OC[C@H]3OC(C)(C)O[C@H]3[C@@H]2O1.CCO. The van der Waals surface area contributed by atoms with Crippen molar-refractivity contribution in [3.63, 3.8) is 0 Å². The summed E-state index contributed by atoms with van der Waals surface area (Å²) in [5.41, 5.74) is 0. The van der Waals surface area contributed by atoms with Crippen molar-refractivity contribution in [2.24, 2.45) is 0 Å². The molecule has 3 aliphatic heterocycles. The summed E-state index contributed by atoms with van der Waals surface area (Å²) >= 11 is 0. The van der Waals surface area contributed by atoms with Crippen LogP contribution in [-0.4, -0.2) is 54.5 Å². The molecule has 4 atom stereocenters. The monoisotopic (exact) mass is 276 g/mol. The minimum Gasteiger partial charge on any atom is -0.397 e. The van der Waals surface area contributed by atoms with Gasteiger partial charge in [-0.1, -0.05) is 0 Å². The summed E-state index contributed by atoms with van der Waals surface area (Å²) in [6.45, 7) is 9.99. The molecule has 0 unspecified atom stereocenters. The summed E-state index contributed by atoms with van der Waals surface area (Å²) in [6.07, 6.45) is -0.700. The molecule has 0 saturated carbocycles. The highest BCUT2D eigenvalue weighted by atomic mass is 16.8. The Morgan fingerprint density at radius 1 is 0.947 bits per heavy atom. The second-order valence-corrected chi connectivity index (χ2v) is 5.76. The molecule has 0 amide bonds. The Balaban J connectivity index is 0.000000408. The molecular weight excluding hydrogens is 252 g/mol. The van der Waals surface area contributed by atoms with Gasteiger partial charge in [-0.25, -0.2) is 0 Å². The van der Waals surface area contributed by atoms with Gasteiger partial charge in [0.15, 0.2) is 17.9 Å². The number of hydrogen-bond donors (Lipinski definition) is 1. The number of aliphatic hydroxyl groups is 1. The standard InChI is InChI=1S/C11H18O5.C2H6O/c1-10(2)13-6-5-12-9-8(7(6)14-10)15-11(3,4)16-9;1-2-3/h6-9H,5H2,1-4H3;3H,2H2,1H3/t6-,7-,8+,9+;/m1./s1. The molecule has 0 aromatic rings. The molecule has 6 nitrogen and oxygen atoms in total. The summed E-state index contributed by atoms with van der Waals surface area (Å²) < 4.78 is 28.6. The molecule has 3 saturated heterocycles. The van der Waals surface area contributed by atoms with Crippen LogP contribution in [0.15, 0.2) is 0 Å². The van der Waals surface area contributed by atoms with E-state index in [2.05, 4.69) is 0 Å². The maximum absolute atomic E-state index is 7.57. The maximum Gasteiger partial charge on any atom is 0.189 e. The fourth-order valence-corrected chi connectivity index (χ4v) is 2.57. The summed E-state index contributed by atoms with van der Waals surface area (Å²) in [6, 6.07) is 0. The molecule has 19 heavy (non-hydrogen) atoms. The first-order valence-corrected chi connectivity index (χ1v) is 6.72. The van der Waals surface area contributed by atoms with E-state index in [0.717, 1.165) is 0 Å². The van der Waals surface area contributed by atoms with E-state index < -0.39 is 11.6 Å². The Hall–Kier alpha value is -0.240. The van der Waals surface area contributed by atoms with Crippen LogP contribution in [0.1, 0.15) is 34.6 Å². The molecular formula is C13H24O6. The zero-order valence-electron chi connectivity index (χ0n) is 12.2. The summed E-state index contributed by atoms with van der Waals surface area (Å²) in [5.74, 6) is -1.18. The third-order valence-electron chi connectivity index (χ3n) is 3.06. The second-order valence-electron chi connectivity index (χ2n) is 5.76. The van der Waals surface area contributed by atoms with Crippen molar-refractivity contribution in [1.82, 2.24) is 0 Å². The summed E-state index contributed by atoms with van der Waals surface area (Å²) in [7, 11) is 0. The van der Waals surface area contributed by atoms with Crippen molar-refractivity contribution in [2.45, 2.75) is 70.8 Å². The van der Waals surface area contributed by atoms with E-state index in [-0.39, 0.29) is 31.2 Å². The second kappa shape index (κ2) is 5.27. The fourth-order valence-electron chi connectivity index (χ4n) is 2.57. The molecule has 3 fully saturated rings. The first-order chi connectivity index (χ1) is 8.78. The van der Waals surface area contributed by atoms with Crippen LogP contribution in [0.2, 0.25) is 0 Å². The highest BCUT2D eigenvalue weighted by molar-refractivity contribution is 4.95. The topological polar surface area (TPSA) is 66.4 Å². The van der Waals surface area contributed by atoms with Gasteiger partial charge in [0.05, 0.1) is 6.61 Å². The van der Waals surface area contributed by atoms with Gasteiger partial charge in [-0.3, -0.25) is 0 Å². The number of fused-ring (bicyclic) bond motifs is 3. The molecule has 0 bridgehead atoms. The van der Waals surface area contributed by atoms with Crippen molar-refractivity contribution < 1.29 is 28.8 Å². The van der Waals surface area contributed by atoms with Gasteiger partial charge in [0.1, 0.15) is 18.3 Å². The van der Waals surface area contributed by atoms with E-state index in [1.54, 1.807) is 6.92 Å². The van der Waals surface area contributed by atoms with Crippen LogP contribution in [-0.2, 0) is 23.7 Å². The van der Waals surface area contributed by atoms with E-state index >= 15 is 0 Å². The lowest BCUT2D eigenvalue weighted by atomic mass is 10.1. The molecule has 0 radical (unpaired) electrons. The molecule has 3 heterocycles. The van der Waals surface area contributed by atoms with Crippen LogP contribution in [0.4, 0.5) is 0 Å². The third kappa shape index (κ3) is 3.26. The number of aliphatic hydroxyl groups excluding tert-OH is 1. The van der Waals surface area contributed by atoms with Gasteiger partial charge >= 0.3 is 0 Å². The number of ether oxygens (including phenoxy) is 5. The van der Waals surface area contributed by atoms with E-state index in [1.165, 1.54) is 0 Å². The fraction of sp³-hybridized carbons (Fsp3) is 1.00. The van der Waals surface area contributed by atoms with E-state index in [0.29, 0.717) is 6.61 Å². The van der Waals surface area contributed by atoms with Crippen molar-refractivity contribution in [1.29, 1.82) is 0 Å². The number of rotatable bonds is 0. The zero-order chi connectivity index (χ0) is 14.3. The van der Waals surface area contributed by atoms with Crippen LogP contribution in [0.3, 0.4) is 0 Å². The van der Waals surface area contributed by atoms with Crippen molar-refractivity contribution in [2.75, 3.05) is 13.2 Å². The maximum atomic E-state index is 7.57. The van der Waals surface area contributed by atoms with E-state index in [9.17, 15) is 0 Å². The zero-order valence-corrected chi connectivity index (χ0v) is 12.2. The van der Waals surface area contributed by atoms with Crippen LogP contribution >= 0.6 is 0 Å². The first kappa shape index (κ1) is 15.2. The Kier molecular flexibility index (Phi) is 4.21. The van der Waals surface area contributed by atoms with Crippen molar-refractivity contribution in [3.05, 3.63) is 0 Å². The average Bonchev–Trinajstić information content (AvgIpc) is 2.73. The van der Waals surface area contributed by atoms with Crippen molar-refractivity contribution in [3.8, 4) is 0 Å². The summed E-state index contributed by atoms with van der Waals surface area (Å²) in [4.78, 5) is 0. The third-order valence-corrected chi connectivity index (χ3v) is 3.06. The predicted molar refractivity (Wildman–Crippen MR) is 66.4 cm³/mol. The Morgan fingerprint density at radius 3 is 2.11 bits per heavy atom. The molecule has 3 aliphatic rings. The molecule has 3 rings (SSSR count). The van der Waals surface area contributed by atoms with Gasteiger partial charge in [0.2, 0.25) is 0 Å². The molecule has 1 N–H and O–H groups in total. The van der Waals surface area contributed by atoms with Crippen LogP contribution in [0.25, 0.3) is 0 Å². The van der Waals surface area contributed by atoms with Crippen LogP contribution in [0.5, 0.6) is 0 Å². The van der Waals surface area contributed by atoms with E-state index in [1.807, 2.05) is 27.7 Å². The normalized spacial score (nSPS) is 42.0. The largest absolute Gasteiger partial charge is 0.397 e. The van der Waals surface area contributed by atoms with Gasteiger partial charge in [-0.05, 0) is 34.6 Å². The van der Waals surface area contributed by atoms with Gasteiger partial charge in [0, 0.05) is 6.61 Å². The van der Waals surface area contributed by atoms with Gasteiger partial charge in [0.25, 0.3) is 0 Å². The smallest absolute Gasteiger partial charge is 0.189 e. The highest BCUT2D eigenvalue weighted by Crippen LogP contribution is 2.41. The Bertz CT molecular complexity index is 286. The Labute approximate surface area is 113 Å². The molecule has 0 aliphatic carbocycles. The minimum absolute atomic E-state index is 0.0613. The lowest BCUT2D eigenvalue weighted by Gasteiger charge is -2.30. The molecule has 0 spiro atoms. The average molecular weight is 276 g/mol. The van der Waals surface area contributed by atoms with E-state index in [4.69, 9.17) is 28.8 Å². The number of hydrogen-bond acceptors (Lipinski definition) is 6. The minimum atomic E-state index is -0.611. The molecule has 0 aromatic heterocycles. The first-order valence-electron chi connectivity index (χ1n) is 6.72. The van der Waals surface area contributed by atoms with Crippen molar-refractivity contribution >= 4 is 0 Å². The van der Waals surface area contributed by atoms with Gasteiger partial charge in [-0.2, -0.15) is 0 Å².